The summed E-state index contributed by atoms with van der Waals surface area (Å²) in [5, 5.41) is 7.62. The number of rotatable bonds is 4. The number of anilines is 1. The molecular weight excluding hydrogens is 248 g/mol. The van der Waals surface area contributed by atoms with Gasteiger partial charge in [0.1, 0.15) is 5.82 Å². The second kappa shape index (κ2) is 5.57. The second-order valence-electron chi connectivity index (χ2n) is 4.40. The Kier molecular flexibility index (Phi) is 3.46. The molecule has 3 aromatic rings. The maximum atomic E-state index is 4.62. The molecule has 0 amide bonds. The molecule has 0 spiro atoms. The van der Waals surface area contributed by atoms with E-state index in [9.17, 15) is 0 Å². The first-order chi connectivity index (χ1) is 9.88. The van der Waals surface area contributed by atoms with E-state index in [0.29, 0.717) is 0 Å². The molecule has 0 aliphatic heterocycles. The average molecular weight is 264 g/mol. The molecule has 2 heterocycles. The van der Waals surface area contributed by atoms with Crippen LogP contribution < -0.4 is 5.32 Å². The minimum atomic E-state index is 0.856. The Balaban J connectivity index is 2.04. The maximum absolute atomic E-state index is 4.62. The Morgan fingerprint density at radius 1 is 1.00 bits per heavy atom. The molecule has 0 atom stereocenters. The Hall–Kier alpha value is -2.62. The normalized spacial score (nSPS) is 10.4. The first-order valence-electron chi connectivity index (χ1n) is 6.69. The van der Waals surface area contributed by atoms with Gasteiger partial charge >= 0.3 is 0 Å². The van der Waals surface area contributed by atoms with Gasteiger partial charge < -0.3 is 5.32 Å². The molecular formula is C16H16N4. The SMILES string of the molecule is CCNc1cccc(-c2ccnn2-c2ccccc2)n1. The van der Waals surface area contributed by atoms with E-state index >= 15 is 0 Å². The predicted molar refractivity (Wildman–Crippen MR) is 81.0 cm³/mol. The van der Waals surface area contributed by atoms with E-state index in [1.165, 1.54) is 0 Å². The Labute approximate surface area is 118 Å². The van der Waals surface area contributed by atoms with Crippen molar-refractivity contribution < 1.29 is 0 Å². The van der Waals surface area contributed by atoms with Crippen LogP contribution in [0.25, 0.3) is 17.1 Å². The smallest absolute Gasteiger partial charge is 0.126 e. The van der Waals surface area contributed by atoms with Crippen LogP contribution in [0.3, 0.4) is 0 Å². The third-order valence-electron chi connectivity index (χ3n) is 3.01. The fourth-order valence-corrected chi connectivity index (χ4v) is 2.13. The van der Waals surface area contributed by atoms with Gasteiger partial charge in [0.25, 0.3) is 0 Å². The van der Waals surface area contributed by atoms with Crippen LogP contribution in [0.5, 0.6) is 0 Å². The van der Waals surface area contributed by atoms with Crippen molar-refractivity contribution in [3.63, 3.8) is 0 Å². The Morgan fingerprint density at radius 2 is 1.85 bits per heavy atom. The first-order valence-corrected chi connectivity index (χ1v) is 6.69. The first kappa shape index (κ1) is 12.4. The van der Waals surface area contributed by atoms with Gasteiger partial charge in [-0.3, -0.25) is 0 Å². The van der Waals surface area contributed by atoms with Gasteiger partial charge in [-0.25, -0.2) is 9.67 Å². The zero-order valence-corrected chi connectivity index (χ0v) is 11.3. The minimum absolute atomic E-state index is 0.856. The largest absolute Gasteiger partial charge is 0.370 e. The molecule has 0 radical (unpaired) electrons. The molecule has 4 heteroatoms. The number of hydrogen-bond donors (Lipinski definition) is 1. The number of nitrogens with one attached hydrogen (secondary N) is 1. The van der Waals surface area contributed by atoms with Gasteiger partial charge in [0.2, 0.25) is 0 Å². The summed E-state index contributed by atoms with van der Waals surface area (Å²) in [6.07, 6.45) is 1.80. The van der Waals surface area contributed by atoms with Crippen molar-refractivity contribution in [2.45, 2.75) is 6.92 Å². The van der Waals surface area contributed by atoms with Crippen molar-refractivity contribution >= 4 is 5.82 Å². The van der Waals surface area contributed by atoms with E-state index in [1.54, 1.807) is 6.20 Å². The van der Waals surface area contributed by atoms with Gasteiger partial charge in [-0.2, -0.15) is 5.10 Å². The monoisotopic (exact) mass is 264 g/mol. The summed E-state index contributed by atoms with van der Waals surface area (Å²) >= 11 is 0. The summed E-state index contributed by atoms with van der Waals surface area (Å²) in [6, 6.07) is 18.0. The standard InChI is InChI=1S/C16H16N4/c1-2-17-16-10-6-9-14(19-16)15-11-12-18-20(15)13-7-4-3-5-8-13/h3-12H,2H2,1H3,(H,17,19). The Bertz CT molecular complexity index is 688. The van der Waals surface area contributed by atoms with Gasteiger partial charge in [-0.1, -0.05) is 24.3 Å². The lowest BCUT2D eigenvalue weighted by molar-refractivity contribution is 0.884. The van der Waals surface area contributed by atoms with Crippen molar-refractivity contribution in [2.75, 3.05) is 11.9 Å². The fourth-order valence-electron chi connectivity index (χ4n) is 2.13. The molecule has 2 aromatic heterocycles. The number of benzene rings is 1. The van der Waals surface area contributed by atoms with Crippen molar-refractivity contribution in [3.8, 4) is 17.1 Å². The molecule has 100 valence electrons. The van der Waals surface area contributed by atoms with Crippen molar-refractivity contribution in [1.82, 2.24) is 14.8 Å². The van der Waals surface area contributed by atoms with E-state index in [0.717, 1.165) is 29.4 Å². The highest BCUT2D eigenvalue weighted by atomic mass is 15.3. The fraction of sp³-hybridized carbons (Fsp3) is 0.125. The Morgan fingerprint density at radius 3 is 2.65 bits per heavy atom. The number of pyridine rings is 1. The van der Waals surface area contributed by atoms with Crippen LogP contribution in [-0.2, 0) is 0 Å². The van der Waals surface area contributed by atoms with Crippen molar-refractivity contribution in [2.24, 2.45) is 0 Å². The molecule has 4 nitrogen and oxygen atoms in total. The number of aromatic nitrogens is 3. The molecule has 1 aromatic carbocycles. The van der Waals surface area contributed by atoms with E-state index in [1.807, 2.05) is 59.3 Å². The van der Waals surface area contributed by atoms with E-state index in [4.69, 9.17) is 0 Å². The molecule has 0 unspecified atom stereocenters. The molecule has 0 saturated carbocycles. The molecule has 20 heavy (non-hydrogen) atoms. The lowest BCUT2D eigenvalue weighted by Gasteiger charge is -2.08. The summed E-state index contributed by atoms with van der Waals surface area (Å²) in [6.45, 7) is 2.91. The van der Waals surface area contributed by atoms with Gasteiger partial charge in [-0.05, 0) is 37.3 Å². The van der Waals surface area contributed by atoms with Crippen LogP contribution in [-0.4, -0.2) is 21.3 Å². The highest BCUT2D eigenvalue weighted by Gasteiger charge is 2.08. The molecule has 0 bridgehead atoms. The molecule has 0 aliphatic carbocycles. The molecule has 0 aliphatic rings. The second-order valence-corrected chi connectivity index (χ2v) is 4.40. The summed E-state index contributed by atoms with van der Waals surface area (Å²) in [5.41, 5.74) is 2.92. The number of nitrogens with zero attached hydrogens (tertiary/aromatic N) is 3. The minimum Gasteiger partial charge on any atom is -0.370 e. The van der Waals surface area contributed by atoms with Crippen molar-refractivity contribution in [3.05, 3.63) is 60.8 Å². The van der Waals surface area contributed by atoms with E-state index in [-0.39, 0.29) is 0 Å². The summed E-state index contributed by atoms with van der Waals surface area (Å²) in [4.78, 5) is 4.62. The number of hydrogen-bond acceptors (Lipinski definition) is 3. The molecule has 3 rings (SSSR count). The number of para-hydroxylation sites is 1. The zero-order chi connectivity index (χ0) is 13.8. The predicted octanol–water partition coefficient (Wildman–Crippen LogP) is 3.37. The van der Waals surface area contributed by atoms with Crippen LogP contribution in [0, 0.1) is 0 Å². The average Bonchev–Trinajstić information content (AvgIpc) is 2.98. The van der Waals surface area contributed by atoms with Crippen LogP contribution in [0.15, 0.2) is 60.8 Å². The lowest BCUT2D eigenvalue weighted by Crippen LogP contribution is -2.02. The van der Waals surface area contributed by atoms with Crippen LogP contribution >= 0.6 is 0 Å². The highest BCUT2D eigenvalue weighted by Crippen LogP contribution is 2.21. The maximum Gasteiger partial charge on any atom is 0.126 e. The third kappa shape index (κ3) is 2.40. The van der Waals surface area contributed by atoms with Gasteiger partial charge in [0.05, 0.1) is 23.3 Å². The van der Waals surface area contributed by atoms with E-state index < -0.39 is 0 Å². The summed E-state index contributed by atoms with van der Waals surface area (Å²) < 4.78 is 1.90. The van der Waals surface area contributed by atoms with Crippen LogP contribution in [0.2, 0.25) is 0 Å². The van der Waals surface area contributed by atoms with Crippen molar-refractivity contribution in [1.29, 1.82) is 0 Å². The molecule has 1 N–H and O–H groups in total. The summed E-state index contributed by atoms with van der Waals surface area (Å²) in [7, 11) is 0. The van der Waals surface area contributed by atoms with Gasteiger partial charge in [-0.15, -0.1) is 0 Å². The highest BCUT2D eigenvalue weighted by molar-refractivity contribution is 5.59. The third-order valence-corrected chi connectivity index (χ3v) is 3.01. The quantitative estimate of drug-likeness (QED) is 0.785. The zero-order valence-electron chi connectivity index (χ0n) is 11.3. The van der Waals surface area contributed by atoms with E-state index in [2.05, 4.69) is 22.3 Å². The lowest BCUT2D eigenvalue weighted by atomic mass is 10.2. The van der Waals surface area contributed by atoms with Gasteiger partial charge in [0, 0.05) is 6.54 Å². The molecule has 0 fully saturated rings. The van der Waals surface area contributed by atoms with Crippen LogP contribution in [0.1, 0.15) is 6.92 Å². The molecule has 0 saturated heterocycles. The summed E-state index contributed by atoms with van der Waals surface area (Å²) in [5.74, 6) is 0.880. The topological polar surface area (TPSA) is 42.7 Å². The van der Waals surface area contributed by atoms with Gasteiger partial charge in [0.15, 0.2) is 0 Å². The van der Waals surface area contributed by atoms with Crippen LogP contribution in [0.4, 0.5) is 5.82 Å².